The predicted molar refractivity (Wildman–Crippen MR) is 74.4 cm³/mol. The fourth-order valence-corrected chi connectivity index (χ4v) is 2.08. The number of hydrogen-bond donors (Lipinski definition) is 1. The molecule has 0 spiro atoms. The number of pyridine rings is 1. The fourth-order valence-electron chi connectivity index (χ4n) is 2.08. The lowest BCUT2D eigenvalue weighted by atomic mass is 10.1. The van der Waals surface area contributed by atoms with Gasteiger partial charge in [0.05, 0.1) is 23.1 Å². The maximum Gasteiger partial charge on any atom is 0.278 e. The van der Waals surface area contributed by atoms with E-state index in [9.17, 15) is 10.1 Å². The zero-order chi connectivity index (χ0) is 13.9. The molecule has 0 fully saturated rings. The summed E-state index contributed by atoms with van der Waals surface area (Å²) in [6.45, 7) is 0.516. The molecule has 3 aromatic rings. The average Bonchev–Trinajstić information content (AvgIpc) is 2.97. The van der Waals surface area contributed by atoms with Crippen LogP contribution in [-0.2, 0) is 6.54 Å². The highest BCUT2D eigenvalue weighted by Crippen LogP contribution is 2.30. The molecule has 0 atom stereocenters. The summed E-state index contributed by atoms with van der Waals surface area (Å²) in [6.07, 6.45) is 4.73. The summed E-state index contributed by atoms with van der Waals surface area (Å²) >= 11 is 0. The van der Waals surface area contributed by atoms with E-state index in [0.717, 1.165) is 16.8 Å². The van der Waals surface area contributed by atoms with Gasteiger partial charge in [0.2, 0.25) is 0 Å². The van der Waals surface area contributed by atoms with Crippen LogP contribution >= 0.6 is 0 Å². The van der Waals surface area contributed by atoms with Crippen LogP contribution in [0.15, 0.2) is 53.4 Å². The minimum atomic E-state index is -0.402. The lowest BCUT2D eigenvalue weighted by Crippen LogP contribution is -2.00. The van der Waals surface area contributed by atoms with Crippen molar-refractivity contribution < 1.29 is 9.34 Å². The van der Waals surface area contributed by atoms with E-state index in [-0.39, 0.29) is 5.69 Å². The number of fused-ring (bicyclic) bond motifs is 1. The molecule has 0 radical (unpaired) electrons. The second kappa shape index (κ2) is 5.00. The molecule has 20 heavy (non-hydrogen) atoms. The van der Waals surface area contributed by atoms with Crippen molar-refractivity contribution in [1.82, 2.24) is 4.98 Å². The van der Waals surface area contributed by atoms with Crippen LogP contribution < -0.4 is 5.32 Å². The average molecular weight is 269 g/mol. The number of non-ortho nitro benzene ring substituents is 1. The summed E-state index contributed by atoms with van der Waals surface area (Å²) in [7, 11) is 0. The molecule has 0 aliphatic heterocycles. The van der Waals surface area contributed by atoms with Gasteiger partial charge in [-0.05, 0) is 24.3 Å². The van der Waals surface area contributed by atoms with E-state index >= 15 is 0 Å². The summed E-state index contributed by atoms with van der Waals surface area (Å²) in [4.78, 5) is 14.6. The van der Waals surface area contributed by atoms with E-state index in [0.29, 0.717) is 11.9 Å². The number of nitrogens with one attached hydrogen (secondary N) is 1. The van der Waals surface area contributed by atoms with Crippen molar-refractivity contribution in [2.75, 3.05) is 5.32 Å². The van der Waals surface area contributed by atoms with Crippen LogP contribution in [-0.4, -0.2) is 9.91 Å². The largest absolute Gasteiger partial charge is 0.467 e. The highest BCUT2D eigenvalue weighted by atomic mass is 16.6. The summed E-state index contributed by atoms with van der Waals surface area (Å²) in [5.41, 5.74) is 0.862. The summed E-state index contributed by atoms with van der Waals surface area (Å²) in [5, 5.41) is 15.5. The molecule has 1 N–H and O–H groups in total. The minimum Gasteiger partial charge on any atom is -0.467 e. The van der Waals surface area contributed by atoms with Crippen molar-refractivity contribution in [3.63, 3.8) is 0 Å². The van der Waals surface area contributed by atoms with Gasteiger partial charge in [0.1, 0.15) is 5.76 Å². The molecule has 1 aromatic carbocycles. The Morgan fingerprint density at radius 1 is 1.25 bits per heavy atom. The molecule has 0 aliphatic carbocycles. The van der Waals surface area contributed by atoms with Gasteiger partial charge in [-0.1, -0.05) is 0 Å². The number of hydrogen-bond acceptors (Lipinski definition) is 5. The maximum atomic E-state index is 11.0. The van der Waals surface area contributed by atoms with Crippen molar-refractivity contribution in [2.24, 2.45) is 0 Å². The van der Waals surface area contributed by atoms with Crippen molar-refractivity contribution in [3.8, 4) is 0 Å². The van der Waals surface area contributed by atoms with Crippen LogP contribution in [0.1, 0.15) is 5.76 Å². The molecular formula is C14H11N3O3. The molecule has 0 amide bonds. The number of benzene rings is 1. The number of aromatic nitrogens is 1. The van der Waals surface area contributed by atoms with Crippen molar-refractivity contribution >= 4 is 22.1 Å². The molecule has 2 aromatic heterocycles. The Labute approximate surface area is 114 Å². The normalized spacial score (nSPS) is 10.6. The third-order valence-corrected chi connectivity index (χ3v) is 3.02. The number of nitrogens with zero attached hydrogens (tertiary/aromatic N) is 2. The van der Waals surface area contributed by atoms with Crippen LogP contribution in [0.3, 0.4) is 0 Å². The first-order valence-corrected chi connectivity index (χ1v) is 6.03. The smallest absolute Gasteiger partial charge is 0.278 e. The third kappa shape index (κ3) is 2.18. The minimum absolute atomic E-state index is 0.0525. The molecule has 0 aliphatic rings. The van der Waals surface area contributed by atoms with E-state index in [1.165, 1.54) is 12.3 Å². The molecule has 0 saturated heterocycles. The molecule has 3 rings (SSSR count). The number of rotatable bonds is 4. The fraction of sp³-hybridized carbons (Fsp3) is 0.0714. The zero-order valence-corrected chi connectivity index (χ0v) is 10.4. The van der Waals surface area contributed by atoms with E-state index in [1.807, 2.05) is 12.1 Å². The Kier molecular flexibility index (Phi) is 3.04. The monoisotopic (exact) mass is 269 g/mol. The number of furan rings is 1. The van der Waals surface area contributed by atoms with Gasteiger partial charge >= 0.3 is 0 Å². The first-order valence-electron chi connectivity index (χ1n) is 6.03. The van der Waals surface area contributed by atoms with Gasteiger partial charge in [-0.3, -0.25) is 15.1 Å². The van der Waals surface area contributed by atoms with Gasteiger partial charge in [0, 0.05) is 29.5 Å². The zero-order valence-electron chi connectivity index (χ0n) is 10.4. The van der Waals surface area contributed by atoms with E-state index in [2.05, 4.69) is 10.3 Å². The van der Waals surface area contributed by atoms with Gasteiger partial charge in [0.25, 0.3) is 5.69 Å². The van der Waals surface area contributed by atoms with Gasteiger partial charge in [-0.15, -0.1) is 0 Å². The number of anilines is 1. The molecule has 6 nitrogen and oxygen atoms in total. The second-order valence-corrected chi connectivity index (χ2v) is 4.24. The first kappa shape index (κ1) is 12.2. The highest BCUT2D eigenvalue weighted by Gasteiger charge is 2.14. The Balaban J connectivity index is 1.99. The first-order chi connectivity index (χ1) is 9.75. The topological polar surface area (TPSA) is 81.2 Å². The molecule has 0 unspecified atom stereocenters. The van der Waals surface area contributed by atoms with E-state index in [4.69, 9.17) is 4.42 Å². The lowest BCUT2D eigenvalue weighted by Gasteiger charge is -2.08. The van der Waals surface area contributed by atoms with Gasteiger partial charge in [0.15, 0.2) is 0 Å². The van der Waals surface area contributed by atoms with Crippen molar-refractivity contribution in [3.05, 3.63) is 64.9 Å². The van der Waals surface area contributed by atoms with Gasteiger partial charge in [-0.25, -0.2) is 0 Å². The maximum absolute atomic E-state index is 11.0. The Morgan fingerprint density at radius 3 is 2.90 bits per heavy atom. The molecule has 100 valence electrons. The molecule has 0 bridgehead atoms. The SMILES string of the molecule is O=[N+]([O-])c1ccc(NCc2ccco2)c2ccncc12. The summed E-state index contributed by atoms with van der Waals surface area (Å²) in [5.74, 6) is 0.797. The standard InChI is InChI=1S/C14H11N3O3/c18-17(19)14-4-3-13(11-5-6-15-9-12(11)14)16-8-10-2-1-7-20-10/h1-7,9,16H,8H2. The Morgan fingerprint density at radius 2 is 2.15 bits per heavy atom. The Hall–Kier alpha value is -2.89. The molecule has 2 heterocycles. The second-order valence-electron chi connectivity index (χ2n) is 4.24. The summed E-state index contributed by atoms with van der Waals surface area (Å²) < 4.78 is 5.25. The molecular weight excluding hydrogens is 258 g/mol. The van der Waals surface area contributed by atoms with Gasteiger partial charge < -0.3 is 9.73 Å². The van der Waals surface area contributed by atoms with Crippen LogP contribution in [0.4, 0.5) is 11.4 Å². The molecule has 6 heteroatoms. The molecule has 0 saturated carbocycles. The van der Waals surface area contributed by atoms with E-state index < -0.39 is 4.92 Å². The summed E-state index contributed by atoms with van der Waals surface area (Å²) in [6, 6.07) is 8.61. The quantitative estimate of drug-likeness (QED) is 0.580. The van der Waals surface area contributed by atoms with E-state index in [1.54, 1.807) is 24.6 Å². The van der Waals surface area contributed by atoms with Crippen LogP contribution in [0.5, 0.6) is 0 Å². The van der Waals surface area contributed by atoms with Crippen molar-refractivity contribution in [2.45, 2.75) is 6.54 Å². The van der Waals surface area contributed by atoms with Gasteiger partial charge in [-0.2, -0.15) is 0 Å². The number of nitro benzene ring substituents is 1. The van der Waals surface area contributed by atoms with Crippen molar-refractivity contribution in [1.29, 1.82) is 0 Å². The number of nitro groups is 1. The van der Waals surface area contributed by atoms with Crippen LogP contribution in [0.2, 0.25) is 0 Å². The van der Waals surface area contributed by atoms with Crippen LogP contribution in [0, 0.1) is 10.1 Å². The predicted octanol–water partition coefficient (Wildman–Crippen LogP) is 3.35. The lowest BCUT2D eigenvalue weighted by molar-refractivity contribution is -0.383. The Bertz CT molecular complexity index is 753. The van der Waals surface area contributed by atoms with Crippen LogP contribution in [0.25, 0.3) is 10.8 Å². The third-order valence-electron chi connectivity index (χ3n) is 3.02. The highest BCUT2D eigenvalue weighted by molar-refractivity contribution is 5.99.